The van der Waals surface area contributed by atoms with E-state index in [2.05, 4.69) is 55.5 Å². The van der Waals surface area contributed by atoms with Gasteiger partial charge in [0.05, 0.1) is 0 Å². The number of pyridine rings is 1. The Hall–Kier alpha value is -1.05. The topological polar surface area (TPSA) is 7.12 Å². The highest BCUT2D eigenvalue weighted by Crippen LogP contribution is 2.17. The third-order valence-corrected chi connectivity index (χ3v) is 4.66. The Morgan fingerprint density at radius 1 is 0.826 bits per heavy atom. The molecule has 1 rings (SSSR count). The van der Waals surface area contributed by atoms with Crippen molar-refractivity contribution >= 4 is 5.69 Å². The second-order valence-corrected chi connectivity index (χ2v) is 6.67. The minimum absolute atomic E-state index is 1.08. The fourth-order valence-corrected chi connectivity index (χ4v) is 3.09. The molecular weight excluding hydrogens is 280 g/mol. The third-order valence-electron chi connectivity index (χ3n) is 4.66. The normalized spacial score (nSPS) is 11.0. The minimum atomic E-state index is 1.08. The first kappa shape index (κ1) is 20.0. The quantitative estimate of drug-likeness (QED) is 0.343. The fourth-order valence-electron chi connectivity index (χ4n) is 3.09. The van der Waals surface area contributed by atoms with Gasteiger partial charge in [-0.2, -0.15) is 0 Å². The van der Waals surface area contributed by atoms with E-state index in [0.29, 0.717) is 0 Å². The van der Waals surface area contributed by atoms with Crippen LogP contribution in [0.15, 0.2) is 18.3 Å². The van der Waals surface area contributed by atoms with Crippen molar-refractivity contribution in [2.75, 3.05) is 18.0 Å². The molecule has 0 spiro atoms. The molecule has 2 nitrogen and oxygen atoms in total. The van der Waals surface area contributed by atoms with Crippen LogP contribution in [0.4, 0.5) is 5.69 Å². The number of aryl methyl sites for hydroxylation is 2. The second-order valence-electron chi connectivity index (χ2n) is 6.67. The van der Waals surface area contributed by atoms with Crippen molar-refractivity contribution < 1.29 is 4.57 Å². The van der Waals surface area contributed by atoms with Gasteiger partial charge in [-0.05, 0) is 26.2 Å². The maximum atomic E-state index is 2.60. The molecule has 0 saturated carbocycles. The first-order valence-corrected chi connectivity index (χ1v) is 10.0. The fraction of sp³-hybridized carbons (Fsp3) is 0.762. The van der Waals surface area contributed by atoms with Gasteiger partial charge in [-0.3, -0.25) is 0 Å². The van der Waals surface area contributed by atoms with E-state index in [0.717, 1.165) is 6.54 Å². The van der Waals surface area contributed by atoms with Gasteiger partial charge in [0.1, 0.15) is 6.54 Å². The molecule has 0 aliphatic heterocycles. The average Bonchev–Trinajstić information content (AvgIpc) is 2.59. The Bertz CT molecular complexity index is 406. The van der Waals surface area contributed by atoms with Crippen LogP contribution in [-0.2, 0) is 13.0 Å². The summed E-state index contributed by atoms with van der Waals surface area (Å²) < 4.78 is 2.42. The van der Waals surface area contributed by atoms with Gasteiger partial charge < -0.3 is 4.90 Å². The van der Waals surface area contributed by atoms with Crippen LogP contribution in [0.2, 0.25) is 0 Å². The highest BCUT2D eigenvalue weighted by Gasteiger charge is 2.13. The Kier molecular flexibility index (Phi) is 10.8. The van der Waals surface area contributed by atoms with Gasteiger partial charge in [-0.15, -0.1) is 0 Å². The molecular formula is C21H39N2+. The van der Waals surface area contributed by atoms with Gasteiger partial charge in [0, 0.05) is 37.3 Å². The number of anilines is 1. The maximum Gasteiger partial charge on any atom is 0.183 e. The van der Waals surface area contributed by atoms with E-state index in [4.69, 9.17) is 0 Å². The van der Waals surface area contributed by atoms with Gasteiger partial charge in [0.2, 0.25) is 0 Å². The van der Waals surface area contributed by atoms with E-state index < -0.39 is 0 Å². The van der Waals surface area contributed by atoms with E-state index in [1.54, 1.807) is 0 Å². The summed E-state index contributed by atoms with van der Waals surface area (Å²) in [5.74, 6) is 0. The monoisotopic (exact) mass is 319 g/mol. The molecule has 0 bridgehead atoms. The Morgan fingerprint density at radius 3 is 2.04 bits per heavy atom. The Labute approximate surface area is 144 Å². The maximum absolute atomic E-state index is 2.60. The number of unbranched alkanes of at least 4 members (excludes halogenated alkanes) is 5. The van der Waals surface area contributed by atoms with E-state index >= 15 is 0 Å². The molecule has 0 radical (unpaired) electrons. The van der Waals surface area contributed by atoms with Crippen LogP contribution in [0.1, 0.15) is 84.8 Å². The lowest BCUT2D eigenvalue weighted by Gasteiger charge is -2.24. The molecule has 0 unspecified atom stereocenters. The molecule has 1 heterocycles. The second kappa shape index (κ2) is 12.4. The average molecular weight is 320 g/mol. The summed E-state index contributed by atoms with van der Waals surface area (Å²) in [4.78, 5) is 2.60. The van der Waals surface area contributed by atoms with Crippen LogP contribution in [0.3, 0.4) is 0 Å². The molecule has 23 heavy (non-hydrogen) atoms. The molecule has 132 valence electrons. The number of aromatic nitrogens is 1. The molecule has 0 aromatic carbocycles. The molecule has 0 atom stereocenters. The summed E-state index contributed by atoms with van der Waals surface area (Å²) in [5, 5.41) is 0. The summed E-state index contributed by atoms with van der Waals surface area (Å²) in [6.45, 7) is 12.6. The minimum Gasteiger partial charge on any atom is -0.371 e. The summed E-state index contributed by atoms with van der Waals surface area (Å²) >= 11 is 0. The molecule has 0 fully saturated rings. The van der Waals surface area contributed by atoms with Gasteiger partial charge in [-0.1, -0.05) is 52.9 Å². The van der Waals surface area contributed by atoms with Crippen molar-refractivity contribution in [3.05, 3.63) is 24.0 Å². The number of nitrogens with zero attached hydrogens (tertiary/aromatic N) is 2. The van der Waals surface area contributed by atoms with Gasteiger partial charge in [0.15, 0.2) is 11.9 Å². The molecule has 1 aromatic heterocycles. The summed E-state index contributed by atoms with van der Waals surface area (Å²) in [7, 11) is 0. The van der Waals surface area contributed by atoms with Crippen molar-refractivity contribution in [2.45, 2.75) is 92.0 Å². The Balaban J connectivity index is 2.81. The number of hydrogen-bond donors (Lipinski definition) is 0. The van der Waals surface area contributed by atoms with Crippen LogP contribution in [0.5, 0.6) is 0 Å². The lowest BCUT2D eigenvalue weighted by Crippen LogP contribution is -2.38. The molecule has 0 saturated heterocycles. The lowest BCUT2D eigenvalue weighted by atomic mass is 10.1. The summed E-state index contributed by atoms with van der Waals surface area (Å²) in [5.41, 5.74) is 2.95. The smallest absolute Gasteiger partial charge is 0.183 e. The van der Waals surface area contributed by atoms with Crippen molar-refractivity contribution in [3.63, 3.8) is 0 Å². The molecule has 2 heteroatoms. The number of rotatable bonds is 13. The van der Waals surface area contributed by atoms with Crippen molar-refractivity contribution in [1.29, 1.82) is 0 Å². The Morgan fingerprint density at radius 2 is 1.48 bits per heavy atom. The van der Waals surface area contributed by atoms with Crippen molar-refractivity contribution in [3.8, 4) is 0 Å². The SMILES string of the molecule is CCCCCCc1cc(N(CCCC)CCCC)cc[n+]1CC. The van der Waals surface area contributed by atoms with E-state index in [1.165, 1.54) is 82.3 Å². The summed E-state index contributed by atoms with van der Waals surface area (Å²) in [6, 6.07) is 4.78. The standard InChI is InChI=1S/C21H39N2/c1-5-9-12-13-14-20-19-21(15-18-22(20)8-4)23(16-10-6-2)17-11-7-3/h15,18-19H,5-14,16-17H2,1-4H3/q+1. The van der Waals surface area contributed by atoms with Crippen molar-refractivity contribution in [1.82, 2.24) is 0 Å². The lowest BCUT2D eigenvalue weighted by molar-refractivity contribution is -0.700. The van der Waals surface area contributed by atoms with E-state index in [9.17, 15) is 0 Å². The van der Waals surface area contributed by atoms with Crippen LogP contribution < -0.4 is 9.47 Å². The predicted octanol–water partition coefficient (Wildman–Crippen LogP) is 5.52. The van der Waals surface area contributed by atoms with Gasteiger partial charge >= 0.3 is 0 Å². The molecule has 0 aliphatic carbocycles. The first-order chi connectivity index (χ1) is 11.3. The summed E-state index contributed by atoms with van der Waals surface area (Å²) in [6.07, 6.45) is 14.0. The van der Waals surface area contributed by atoms with Gasteiger partial charge in [-0.25, -0.2) is 4.57 Å². The number of hydrogen-bond acceptors (Lipinski definition) is 1. The van der Waals surface area contributed by atoms with Gasteiger partial charge in [0.25, 0.3) is 0 Å². The highest BCUT2D eigenvalue weighted by atomic mass is 15.1. The predicted molar refractivity (Wildman–Crippen MR) is 102 cm³/mol. The molecule has 0 amide bonds. The van der Waals surface area contributed by atoms with Crippen LogP contribution >= 0.6 is 0 Å². The molecule has 0 aliphatic rings. The van der Waals surface area contributed by atoms with E-state index in [1.807, 2.05) is 0 Å². The van der Waals surface area contributed by atoms with Crippen LogP contribution in [0, 0.1) is 0 Å². The zero-order chi connectivity index (χ0) is 16.9. The van der Waals surface area contributed by atoms with Crippen LogP contribution in [0.25, 0.3) is 0 Å². The molecule has 0 N–H and O–H groups in total. The zero-order valence-electron chi connectivity index (χ0n) is 16.1. The van der Waals surface area contributed by atoms with E-state index in [-0.39, 0.29) is 0 Å². The van der Waals surface area contributed by atoms with Crippen LogP contribution in [-0.4, -0.2) is 13.1 Å². The molecule has 1 aromatic rings. The highest BCUT2D eigenvalue weighted by molar-refractivity contribution is 5.45. The first-order valence-electron chi connectivity index (χ1n) is 10.0. The largest absolute Gasteiger partial charge is 0.371 e. The third kappa shape index (κ3) is 7.37. The zero-order valence-corrected chi connectivity index (χ0v) is 16.1. The van der Waals surface area contributed by atoms with Crippen molar-refractivity contribution in [2.24, 2.45) is 0 Å².